The van der Waals surface area contributed by atoms with Gasteiger partial charge in [0, 0.05) is 46.6 Å². The molecule has 4 nitrogen and oxygen atoms in total. The molecule has 0 amide bonds. The van der Waals surface area contributed by atoms with E-state index in [1.807, 2.05) is 24.4 Å². The standard InChI is InChI=1S/C14H17BrN4S.HI/c1-16-14(19-9-13-8-11(15)10-20-13)18-7-5-12-4-2-3-6-17-12;/h2-4,6,8,10H,5,7,9H2,1H3,(H2,16,18,19);1H. The molecule has 0 aliphatic carbocycles. The third-order valence-corrected chi connectivity index (χ3v) is 4.37. The van der Waals surface area contributed by atoms with E-state index < -0.39 is 0 Å². The molecular weight excluding hydrogens is 463 g/mol. The molecule has 0 aliphatic rings. The molecule has 0 unspecified atom stereocenters. The summed E-state index contributed by atoms with van der Waals surface area (Å²) < 4.78 is 1.12. The van der Waals surface area contributed by atoms with Crippen molar-refractivity contribution in [1.29, 1.82) is 0 Å². The van der Waals surface area contributed by atoms with E-state index in [1.165, 1.54) is 4.88 Å². The molecule has 114 valence electrons. The number of nitrogens with one attached hydrogen (secondary N) is 2. The minimum absolute atomic E-state index is 0. The van der Waals surface area contributed by atoms with Crippen molar-refractivity contribution in [3.63, 3.8) is 0 Å². The maximum absolute atomic E-state index is 4.29. The fourth-order valence-electron chi connectivity index (χ4n) is 1.69. The topological polar surface area (TPSA) is 49.3 Å². The molecule has 21 heavy (non-hydrogen) atoms. The molecule has 0 aliphatic heterocycles. The summed E-state index contributed by atoms with van der Waals surface area (Å²) >= 11 is 5.17. The van der Waals surface area contributed by atoms with Crippen molar-refractivity contribution in [2.24, 2.45) is 4.99 Å². The average molecular weight is 481 g/mol. The SMILES string of the molecule is CN=C(NCCc1ccccn1)NCc1cc(Br)cs1.I. The molecule has 2 heterocycles. The number of hydrogen-bond donors (Lipinski definition) is 2. The fraction of sp³-hybridized carbons (Fsp3) is 0.286. The van der Waals surface area contributed by atoms with E-state index in [0.29, 0.717) is 0 Å². The maximum Gasteiger partial charge on any atom is 0.191 e. The molecule has 2 aromatic heterocycles. The highest BCUT2D eigenvalue weighted by molar-refractivity contribution is 14.0. The Balaban J connectivity index is 0.00000220. The number of aliphatic imine (C=N–C) groups is 1. The van der Waals surface area contributed by atoms with Gasteiger partial charge in [-0.1, -0.05) is 6.07 Å². The Morgan fingerprint density at radius 3 is 2.86 bits per heavy atom. The van der Waals surface area contributed by atoms with Gasteiger partial charge in [0.2, 0.25) is 0 Å². The predicted octanol–water partition coefficient (Wildman–Crippen LogP) is 3.43. The Morgan fingerprint density at radius 2 is 2.24 bits per heavy atom. The van der Waals surface area contributed by atoms with Crippen LogP contribution < -0.4 is 10.6 Å². The smallest absolute Gasteiger partial charge is 0.191 e. The minimum atomic E-state index is 0. The third-order valence-electron chi connectivity index (χ3n) is 2.68. The van der Waals surface area contributed by atoms with Crippen LogP contribution in [0.25, 0.3) is 0 Å². The summed E-state index contributed by atoms with van der Waals surface area (Å²) in [5, 5.41) is 8.66. The summed E-state index contributed by atoms with van der Waals surface area (Å²) in [5.74, 6) is 0.811. The van der Waals surface area contributed by atoms with Crippen LogP contribution in [0.15, 0.2) is 45.3 Å². The third kappa shape index (κ3) is 6.75. The minimum Gasteiger partial charge on any atom is -0.356 e. The lowest BCUT2D eigenvalue weighted by Crippen LogP contribution is -2.37. The molecule has 0 fully saturated rings. The summed E-state index contributed by atoms with van der Waals surface area (Å²) in [4.78, 5) is 9.77. The van der Waals surface area contributed by atoms with Crippen LogP contribution in [0.2, 0.25) is 0 Å². The second-order valence-electron chi connectivity index (χ2n) is 4.15. The van der Waals surface area contributed by atoms with Gasteiger partial charge in [0.15, 0.2) is 5.96 Å². The van der Waals surface area contributed by atoms with Crippen LogP contribution in [0.4, 0.5) is 0 Å². The number of halogens is 2. The number of rotatable bonds is 5. The van der Waals surface area contributed by atoms with E-state index in [2.05, 4.69) is 48.0 Å². The van der Waals surface area contributed by atoms with Gasteiger partial charge in [-0.05, 0) is 34.1 Å². The monoisotopic (exact) mass is 480 g/mol. The van der Waals surface area contributed by atoms with Gasteiger partial charge in [0.1, 0.15) is 0 Å². The van der Waals surface area contributed by atoms with Gasteiger partial charge < -0.3 is 10.6 Å². The van der Waals surface area contributed by atoms with Gasteiger partial charge in [0.05, 0.1) is 6.54 Å². The molecule has 0 saturated carbocycles. The quantitative estimate of drug-likeness (QED) is 0.391. The Labute approximate surface area is 154 Å². The first-order valence-corrected chi connectivity index (χ1v) is 8.02. The lowest BCUT2D eigenvalue weighted by Gasteiger charge is -2.10. The van der Waals surface area contributed by atoms with E-state index >= 15 is 0 Å². The normalized spacial score (nSPS) is 10.9. The van der Waals surface area contributed by atoms with Crippen LogP contribution in [0.1, 0.15) is 10.6 Å². The summed E-state index contributed by atoms with van der Waals surface area (Å²) in [6, 6.07) is 8.07. The molecule has 0 aromatic carbocycles. The van der Waals surface area contributed by atoms with Gasteiger partial charge in [-0.15, -0.1) is 35.3 Å². The first-order chi connectivity index (χ1) is 9.78. The molecule has 2 aromatic rings. The van der Waals surface area contributed by atoms with Gasteiger partial charge in [0.25, 0.3) is 0 Å². The fourth-order valence-corrected chi connectivity index (χ4v) is 3.08. The van der Waals surface area contributed by atoms with E-state index in [4.69, 9.17) is 0 Å². The number of hydrogen-bond acceptors (Lipinski definition) is 3. The molecule has 0 spiro atoms. The highest BCUT2D eigenvalue weighted by atomic mass is 127. The first kappa shape index (κ1) is 18.4. The van der Waals surface area contributed by atoms with Crippen LogP contribution in [-0.2, 0) is 13.0 Å². The zero-order chi connectivity index (χ0) is 14.2. The second-order valence-corrected chi connectivity index (χ2v) is 6.07. The first-order valence-electron chi connectivity index (χ1n) is 6.35. The number of nitrogens with zero attached hydrogens (tertiary/aromatic N) is 2. The average Bonchev–Trinajstić information content (AvgIpc) is 2.89. The molecule has 0 bridgehead atoms. The number of thiophene rings is 1. The van der Waals surface area contributed by atoms with Crippen molar-refractivity contribution >= 4 is 57.2 Å². The van der Waals surface area contributed by atoms with Crippen molar-refractivity contribution in [1.82, 2.24) is 15.6 Å². The molecular formula is C14H18BrIN4S. The lowest BCUT2D eigenvalue weighted by atomic mass is 10.3. The van der Waals surface area contributed by atoms with E-state index in [0.717, 1.165) is 35.6 Å². The van der Waals surface area contributed by atoms with E-state index in [-0.39, 0.29) is 24.0 Å². The Hall–Kier alpha value is -0.670. The Kier molecular flexibility index (Phi) is 8.86. The highest BCUT2D eigenvalue weighted by Gasteiger charge is 2.01. The molecule has 0 radical (unpaired) electrons. The van der Waals surface area contributed by atoms with Gasteiger partial charge in [-0.25, -0.2) is 0 Å². The zero-order valence-electron chi connectivity index (χ0n) is 11.7. The lowest BCUT2D eigenvalue weighted by molar-refractivity contribution is 0.788. The summed E-state index contributed by atoms with van der Waals surface area (Å²) in [7, 11) is 1.78. The van der Waals surface area contributed by atoms with Gasteiger partial charge >= 0.3 is 0 Å². The van der Waals surface area contributed by atoms with Crippen LogP contribution in [0, 0.1) is 0 Å². The van der Waals surface area contributed by atoms with Crippen LogP contribution in [0.3, 0.4) is 0 Å². The summed E-state index contributed by atoms with van der Waals surface area (Å²) in [6.07, 6.45) is 2.70. The van der Waals surface area contributed by atoms with Crippen molar-refractivity contribution in [2.75, 3.05) is 13.6 Å². The maximum atomic E-state index is 4.29. The summed E-state index contributed by atoms with van der Waals surface area (Å²) in [5.41, 5.74) is 1.08. The van der Waals surface area contributed by atoms with Gasteiger partial charge in [-0.3, -0.25) is 9.98 Å². The molecule has 0 atom stereocenters. The second kappa shape index (κ2) is 10.1. The molecule has 2 N–H and O–H groups in total. The van der Waals surface area contributed by atoms with Crippen molar-refractivity contribution < 1.29 is 0 Å². The summed E-state index contributed by atoms with van der Waals surface area (Å²) in [6.45, 7) is 1.59. The number of guanidine groups is 1. The molecule has 2 rings (SSSR count). The van der Waals surface area contributed by atoms with Crippen molar-refractivity contribution in [2.45, 2.75) is 13.0 Å². The van der Waals surface area contributed by atoms with E-state index in [1.54, 1.807) is 18.4 Å². The Morgan fingerprint density at radius 1 is 1.38 bits per heavy atom. The largest absolute Gasteiger partial charge is 0.356 e. The van der Waals surface area contributed by atoms with Crippen molar-refractivity contribution in [3.05, 3.63) is 50.9 Å². The van der Waals surface area contributed by atoms with E-state index in [9.17, 15) is 0 Å². The van der Waals surface area contributed by atoms with Crippen LogP contribution >= 0.6 is 51.2 Å². The van der Waals surface area contributed by atoms with Crippen LogP contribution in [-0.4, -0.2) is 24.5 Å². The van der Waals surface area contributed by atoms with Crippen LogP contribution in [0.5, 0.6) is 0 Å². The number of pyridine rings is 1. The predicted molar refractivity (Wildman–Crippen MR) is 104 cm³/mol. The highest BCUT2D eigenvalue weighted by Crippen LogP contribution is 2.19. The van der Waals surface area contributed by atoms with Crippen molar-refractivity contribution in [3.8, 4) is 0 Å². The molecule has 7 heteroatoms. The van der Waals surface area contributed by atoms with Gasteiger partial charge in [-0.2, -0.15) is 0 Å². The number of aromatic nitrogens is 1. The Bertz CT molecular complexity index is 559. The molecule has 0 saturated heterocycles. The zero-order valence-corrected chi connectivity index (χ0v) is 16.4.